The van der Waals surface area contributed by atoms with E-state index in [1.807, 2.05) is 6.92 Å². The molecule has 1 aliphatic rings. The van der Waals surface area contributed by atoms with Gasteiger partial charge >= 0.3 is 0 Å². The highest BCUT2D eigenvalue weighted by Gasteiger charge is 2.30. The van der Waals surface area contributed by atoms with E-state index in [2.05, 4.69) is 10.2 Å². The first-order valence-electron chi connectivity index (χ1n) is 7.36. The summed E-state index contributed by atoms with van der Waals surface area (Å²) >= 11 is 0. The lowest BCUT2D eigenvalue weighted by Gasteiger charge is -2.38. The van der Waals surface area contributed by atoms with E-state index in [0.29, 0.717) is 12.1 Å². The first-order chi connectivity index (χ1) is 10.0. The van der Waals surface area contributed by atoms with E-state index in [0.717, 1.165) is 25.9 Å². The van der Waals surface area contributed by atoms with Crippen LogP contribution in [0.4, 0.5) is 4.39 Å². The van der Waals surface area contributed by atoms with Crippen molar-refractivity contribution in [1.82, 2.24) is 10.2 Å². The SMILES string of the molecule is CC1(CO)CCCN(CC(=O)NCc2ccccc2F)C1. The third-order valence-corrected chi connectivity index (χ3v) is 4.04. The molecule has 1 fully saturated rings. The molecule has 1 aliphatic heterocycles. The molecule has 2 rings (SSSR count). The predicted octanol–water partition coefficient (Wildman–Crippen LogP) is 1.54. The Bertz CT molecular complexity index is 495. The third kappa shape index (κ3) is 4.51. The van der Waals surface area contributed by atoms with Gasteiger partial charge in [0.05, 0.1) is 6.54 Å². The zero-order valence-corrected chi connectivity index (χ0v) is 12.4. The molecule has 4 nitrogen and oxygen atoms in total. The average Bonchev–Trinajstić information content (AvgIpc) is 2.46. The molecule has 1 unspecified atom stereocenters. The van der Waals surface area contributed by atoms with Gasteiger partial charge < -0.3 is 10.4 Å². The molecule has 1 saturated heterocycles. The second-order valence-electron chi connectivity index (χ2n) is 6.15. The Morgan fingerprint density at radius 2 is 2.24 bits per heavy atom. The Hall–Kier alpha value is -1.46. The van der Waals surface area contributed by atoms with Crippen molar-refractivity contribution in [3.8, 4) is 0 Å². The average molecular weight is 294 g/mol. The fourth-order valence-corrected chi connectivity index (χ4v) is 2.79. The molecule has 0 saturated carbocycles. The monoisotopic (exact) mass is 294 g/mol. The molecule has 1 atom stereocenters. The van der Waals surface area contributed by atoms with Gasteiger partial charge in [-0.15, -0.1) is 0 Å². The van der Waals surface area contributed by atoms with Crippen LogP contribution in [0.5, 0.6) is 0 Å². The summed E-state index contributed by atoms with van der Waals surface area (Å²) in [5, 5.41) is 12.2. The van der Waals surface area contributed by atoms with Gasteiger partial charge in [0, 0.05) is 30.7 Å². The smallest absolute Gasteiger partial charge is 0.234 e. The van der Waals surface area contributed by atoms with Crippen molar-refractivity contribution in [3.05, 3.63) is 35.6 Å². The Morgan fingerprint density at radius 3 is 2.95 bits per heavy atom. The summed E-state index contributed by atoms with van der Waals surface area (Å²) < 4.78 is 13.5. The summed E-state index contributed by atoms with van der Waals surface area (Å²) in [6, 6.07) is 6.43. The van der Waals surface area contributed by atoms with Gasteiger partial charge in [-0.2, -0.15) is 0 Å². The summed E-state index contributed by atoms with van der Waals surface area (Å²) in [5.74, 6) is -0.413. The molecule has 1 heterocycles. The molecule has 21 heavy (non-hydrogen) atoms. The number of hydrogen-bond donors (Lipinski definition) is 2. The van der Waals surface area contributed by atoms with Gasteiger partial charge in [0.1, 0.15) is 5.82 Å². The minimum absolute atomic E-state index is 0.111. The van der Waals surface area contributed by atoms with Gasteiger partial charge in [0.2, 0.25) is 5.91 Å². The predicted molar refractivity (Wildman–Crippen MR) is 79.1 cm³/mol. The van der Waals surface area contributed by atoms with Crippen LogP contribution in [-0.2, 0) is 11.3 Å². The zero-order chi connectivity index (χ0) is 15.3. The van der Waals surface area contributed by atoms with Crippen molar-refractivity contribution < 1.29 is 14.3 Å². The lowest BCUT2D eigenvalue weighted by atomic mass is 9.83. The van der Waals surface area contributed by atoms with Gasteiger partial charge in [0.15, 0.2) is 0 Å². The van der Waals surface area contributed by atoms with Gasteiger partial charge in [-0.25, -0.2) is 4.39 Å². The lowest BCUT2D eigenvalue weighted by molar-refractivity contribution is -0.123. The Kier molecular flexibility index (Phi) is 5.31. The quantitative estimate of drug-likeness (QED) is 0.866. The molecule has 0 spiro atoms. The Balaban J connectivity index is 1.81. The number of aliphatic hydroxyl groups is 1. The van der Waals surface area contributed by atoms with E-state index in [1.54, 1.807) is 18.2 Å². The van der Waals surface area contributed by atoms with Crippen LogP contribution < -0.4 is 5.32 Å². The normalized spacial score (nSPS) is 23.0. The summed E-state index contributed by atoms with van der Waals surface area (Å²) in [7, 11) is 0. The van der Waals surface area contributed by atoms with Crippen LogP contribution in [0, 0.1) is 11.2 Å². The number of nitrogens with zero attached hydrogens (tertiary/aromatic N) is 1. The molecule has 5 heteroatoms. The number of aliphatic hydroxyl groups excluding tert-OH is 1. The minimum atomic E-state index is -0.302. The maximum absolute atomic E-state index is 13.5. The number of hydrogen-bond acceptors (Lipinski definition) is 3. The molecule has 0 aromatic heterocycles. The van der Waals surface area contributed by atoms with E-state index in [1.165, 1.54) is 6.07 Å². The van der Waals surface area contributed by atoms with Crippen LogP contribution in [-0.4, -0.2) is 42.2 Å². The maximum atomic E-state index is 13.5. The van der Waals surface area contributed by atoms with Gasteiger partial charge in [-0.1, -0.05) is 25.1 Å². The Labute approximate surface area is 125 Å². The topological polar surface area (TPSA) is 52.6 Å². The maximum Gasteiger partial charge on any atom is 0.234 e. The molecule has 0 radical (unpaired) electrons. The fraction of sp³-hybridized carbons (Fsp3) is 0.562. The number of piperidine rings is 1. The standard InChI is InChI=1S/C16H23FN2O2/c1-16(12-20)7-4-8-19(11-16)10-15(21)18-9-13-5-2-3-6-14(13)17/h2-3,5-6,20H,4,7-12H2,1H3,(H,18,21). The second-order valence-corrected chi connectivity index (χ2v) is 6.15. The molecule has 0 aliphatic carbocycles. The number of benzene rings is 1. The van der Waals surface area contributed by atoms with Crippen molar-refractivity contribution in [2.24, 2.45) is 5.41 Å². The molecule has 0 bridgehead atoms. The number of carbonyl (C=O) groups excluding carboxylic acids is 1. The molecule has 1 aromatic rings. The van der Waals surface area contributed by atoms with Crippen LogP contribution in [0.3, 0.4) is 0 Å². The number of nitrogens with one attached hydrogen (secondary N) is 1. The molecular formula is C16H23FN2O2. The molecule has 116 valence electrons. The number of halogens is 1. The summed E-state index contributed by atoms with van der Waals surface area (Å²) in [4.78, 5) is 14.0. The van der Waals surface area contributed by atoms with Crippen LogP contribution in [0.1, 0.15) is 25.3 Å². The van der Waals surface area contributed by atoms with Gasteiger partial charge in [-0.05, 0) is 25.5 Å². The fourth-order valence-electron chi connectivity index (χ4n) is 2.79. The highest BCUT2D eigenvalue weighted by molar-refractivity contribution is 5.78. The zero-order valence-electron chi connectivity index (χ0n) is 12.4. The number of carbonyl (C=O) groups is 1. The van der Waals surface area contributed by atoms with Crippen molar-refractivity contribution in [3.63, 3.8) is 0 Å². The summed E-state index contributed by atoms with van der Waals surface area (Å²) in [6.45, 7) is 4.26. The van der Waals surface area contributed by atoms with Crippen molar-refractivity contribution in [1.29, 1.82) is 0 Å². The van der Waals surface area contributed by atoms with E-state index in [-0.39, 0.29) is 30.3 Å². The summed E-state index contributed by atoms with van der Waals surface area (Å²) in [6.07, 6.45) is 1.97. The molecule has 1 aromatic carbocycles. The van der Waals surface area contributed by atoms with Crippen molar-refractivity contribution in [2.75, 3.05) is 26.2 Å². The van der Waals surface area contributed by atoms with Gasteiger partial charge in [-0.3, -0.25) is 9.69 Å². The largest absolute Gasteiger partial charge is 0.396 e. The first kappa shape index (κ1) is 15.9. The molecule has 1 amide bonds. The highest BCUT2D eigenvalue weighted by atomic mass is 19.1. The van der Waals surface area contributed by atoms with Crippen molar-refractivity contribution >= 4 is 5.91 Å². The van der Waals surface area contributed by atoms with Crippen LogP contribution >= 0.6 is 0 Å². The Morgan fingerprint density at radius 1 is 1.48 bits per heavy atom. The minimum Gasteiger partial charge on any atom is -0.396 e. The van der Waals surface area contributed by atoms with E-state index in [4.69, 9.17) is 0 Å². The lowest BCUT2D eigenvalue weighted by Crippen LogP contribution is -2.47. The summed E-state index contributed by atoms with van der Waals surface area (Å²) in [5.41, 5.74) is 0.369. The van der Waals surface area contributed by atoms with Crippen LogP contribution in [0.15, 0.2) is 24.3 Å². The van der Waals surface area contributed by atoms with E-state index in [9.17, 15) is 14.3 Å². The second kappa shape index (κ2) is 7.00. The third-order valence-electron chi connectivity index (χ3n) is 4.04. The van der Waals surface area contributed by atoms with Crippen LogP contribution in [0.2, 0.25) is 0 Å². The van der Waals surface area contributed by atoms with Gasteiger partial charge in [0.25, 0.3) is 0 Å². The molecular weight excluding hydrogens is 271 g/mol. The van der Waals surface area contributed by atoms with E-state index >= 15 is 0 Å². The number of rotatable bonds is 5. The van der Waals surface area contributed by atoms with Crippen LogP contribution in [0.25, 0.3) is 0 Å². The number of amides is 1. The number of likely N-dealkylation sites (tertiary alicyclic amines) is 1. The van der Waals surface area contributed by atoms with Crippen molar-refractivity contribution in [2.45, 2.75) is 26.3 Å². The highest BCUT2D eigenvalue weighted by Crippen LogP contribution is 2.28. The molecule has 2 N–H and O–H groups in total. The first-order valence-corrected chi connectivity index (χ1v) is 7.36. The van der Waals surface area contributed by atoms with E-state index < -0.39 is 0 Å².